The van der Waals surface area contributed by atoms with Crippen molar-refractivity contribution in [3.8, 4) is 0 Å². The molecule has 0 fully saturated rings. The van der Waals surface area contributed by atoms with E-state index in [0.29, 0.717) is 0 Å². The summed E-state index contributed by atoms with van der Waals surface area (Å²) < 4.78 is 0. The van der Waals surface area contributed by atoms with Gasteiger partial charge in [0.1, 0.15) is 0 Å². The molecule has 1 N–H and O–H groups in total. The molecule has 0 atom stereocenters. The maximum Gasteiger partial charge on any atom is 0.0564 e. The van der Waals surface area contributed by atoms with Crippen LogP contribution in [0.5, 0.6) is 0 Å². The number of aromatic nitrogens is 2. The van der Waals surface area contributed by atoms with Crippen LogP contribution in [0.25, 0.3) is 0 Å². The molecule has 0 aliphatic heterocycles. The van der Waals surface area contributed by atoms with E-state index in [1.54, 1.807) is 6.20 Å². The van der Waals surface area contributed by atoms with Crippen LogP contribution >= 0.6 is 0 Å². The lowest BCUT2D eigenvalue weighted by Gasteiger charge is -2.16. The normalized spacial score (nSPS) is 10.6. The van der Waals surface area contributed by atoms with Gasteiger partial charge in [0, 0.05) is 44.4 Å². The van der Waals surface area contributed by atoms with Crippen LogP contribution in [-0.2, 0) is 13.1 Å². The van der Waals surface area contributed by atoms with Crippen LogP contribution in [0.4, 0.5) is 5.69 Å². The predicted molar refractivity (Wildman–Crippen MR) is 73.2 cm³/mol. The van der Waals surface area contributed by atoms with E-state index in [4.69, 9.17) is 0 Å². The lowest BCUT2D eigenvalue weighted by Crippen LogP contribution is -2.18. The molecular formula is C14H18N4. The Morgan fingerprint density at radius 1 is 1.22 bits per heavy atom. The van der Waals surface area contributed by atoms with E-state index in [-0.39, 0.29) is 0 Å². The maximum absolute atomic E-state index is 4.37. The van der Waals surface area contributed by atoms with Gasteiger partial charge in [-0.2, -0.15) is 0 Å². The van der Waals surface area contributed by atoms with E-state index in [0.717, 1.165) is 24.5 Å². The Labute approximate surface area is 108 Å². The Balaban J connectivity index is 1.96. The number of nitrogens with zero attached hydrogens (tertiary/aromatic N) is 3. The summed E-state index contributed by atoms with van der Waals surface area (Å²) in [7, 11) is 4.00. The summed E-state index contributed by atoms with van der Waals surface area (Å²) in [5.41, 5.74) is 3.37. The van der Waals surface area contributed by atoms with Gasteiger partial charge in [0.25, 0.3) is 0 Å². The average Bonchev–Trinajstić information content (AvgIpc) is 2.40. The van der Waals surface area contributed by atoms with Gasteiger partial charge in [0.15, 0.2) is 0 Å². The van der Waals surface area contributed by atoms with E-state index < -0.39 is 0 Å². The van der Waals surface area contributed by atoms with Crippen molar-refractivity contribution >= 4 is 5.69 Å². The smallest absolute Gasteiger partial charge is 0.0564 e. The zero-order valence-corrected chi connectivity index (χ0v) is 10.8. The molecular weight excluding hydrogens is 224 g/mol. The molecule has 18 heavy (non-hydrogen) atoms. The molecule has 2 aromatic rings. The number of pyridine rings is 2. The molecule has 2 rings (SSSR count). The van der Waals surface area contributed by atoms with Crippen molar-refractivity contribution in [2.45, 2.75) is 13.1 Å². The first kappa shape index (κ1) is 12.5. The van der Waals surface area contributed by atoms with Gasteiger partial charge in [0.2, 0.25) is 0 Å². The van der Waals surface area contributed by atoms with Crippen molar-refractivity contribution in [1.29, 1.82) is 0 Å². The van der Waals surface area contributed by atoms with Gasteiger partial charge in [-0.05, 0) is 30.8 Å². The SMILES string of the molecule is CNc1ccnc(CN(C)Cc2cccnc2)c1. The highest BCUT2D eigenvalue weighted by molar-refractivity contribution is 5.42. The van der Waals surface area contributed by atoms with Crippen LogP contribution in [0.3, 0.4) is 0 Å². The summed E-state index contributed by atoms with van der Waals surface area (Å²) in [6.07, 6.45) is 5.52. The minimum absolute atomic E-state index is 0.824. The van der Waals surface area contributed by atoms with Crippen molar-refractivity contribution in [1.82, 2.24) is 14.9 Å². The Hall–Kier alpha value is -1.94. The molecule has 0 unspecified atom stereocenters. The molecule has 94 valence electrons. The Morgan fingerprint density at radius 3 is 2.83 bits per heavy atom. The molecule has 4 nitrogen and oxygen atoms in total. The topological polar surface area (TPSA) is 41.1 Å². The summed E-state index contributed by atoms with van der Waals surface area (Å²) in [6.45, 7) is 1.70. The average molecular weight is 242 g/mol. The van der Waals surface area contributed by atoms with Crippen molar-refractivity contribution in [3.05, 3.63) is 54.1 Å². The summed E-state index contributed by atoms with van der Waals surface area (Å²) in [5.74, 6) is 0. The summed E-state index contributed by atoms with van der Waals surface area (Å²) in [5, 5.41) is 3.12. The first-order chi connectivity index (χ1) is 8.78. The second kappa shape index (κ2) is 6.12. The Kier molecular flexibility index (Phi) is 4.25. The molecule has 0 aromatic carbocycles. The summed E-state index contributed by atoms with van der Waals surface area (Å²) in [6, 6.07) is 8.08. The highest BCUT2D eigenvalue weighted by Gasteiger charge is 2.03. The second-order valence-electron chi connectivity index (χ2n) is 4.32. The van der Waals surface area contributed by atoms with Gasteiger partial charge in [-0.3, -0.25) is 14.9 Å². The number of anilines is 1. The number of rotatable bonds is 5. The van der Waals surface area contributed by atoms with E-state index >= 15 is 0 Å². The largest absolute Gasteiger partial charge is 0.388 e. The van der Waals surface area contributed by atoms with E-state index in [1.165, 1.54) is 5.56 Å². The quantitative estimate of drug-likeness (QED) is 0.872. The molecule has 0 saturated heterocycles. The van der Waals surface area contributed by atoms with Gasteiger partial charge < -0.3 is 5.32 Å². The van der Waals surface area contributed by atoms with Gasteiger partial charge >= 0.3 is 0 Å². The highest BCUT2D eigenvalue weighted by Crippen LogP contribution is 2.10. The Morgan fingerprint density at radius 2 is 2.11 bits per heavy atom. The summed E-state index contributed by atoms with van der Waals surface area (Å²) in [4.78, 5) is 10.7. The minimum atomic E-state index is 0.824. The van der Waals surface area contributed by atoms with Gasteiger partial charge in [-0.25, -0.2) is 0 Å². The van der Waals surface area contributed by atoms with E-state index in [2.05, 4.69) is 39.4 Å². The fraction of sp³-hybridized carbons (Fsp3) is 0.286. The third-order valence-electron chi connectivity index (χ3n) is 2.71. The lowest BCUT2D eigenvalue weighted by atomic mass is 10.2. The lowest BCUT2D eigenvalue weighted by molar-refractivity contribution is 0.315. The van der Waals surface area contributed by atoms with Crippen molar-refractivity contribution in [3.63, 3.8) is 0 Å². The van der Waals surface area contributed by atoms with Crippen LogP contribution in [-0.4, -0.2) is 29.0 Å². The van der Waals surface area contributed by atoms with Gasteiger partial charge in [-0.15, -0.1) is 0 Å². The molecule has 0 spiro atoms. The maximum atomic E-state index is 4.37. The van der Waals surface area contributed by atoms with Crippen LogP contribution in [0, 0.1) is 0 Å². The molecule has 0 amide bonds. The van der Waals surface area contributed by atoms with Gasteiger partial charge in [0.05, 0.1) is 5.69 Å². The molecule has 2 aromatic heterocycles. The molecule has 0 aliphatic rings. The third-order valence-corrected chi connectivity index (χ3v) is 2.71. The second-order valence-corrected chi connectivity index (χ2v) is 4.32. The number of nitrogens with one attached hydrogen (secondary N) is 1. The van der Waals surface area contributed by atoms with Crippen LogP contribution in [0.15, 0.2) is 42.9 Å². The predicted octanol–water partition coefficient (Wildman–Crippen LogP) is 2.15. The number of hydrogen-bond acceptors (Lipinski definition) is 4. The van der Waals surface area contributed by atoms with E-state index in [9.17, 15) is 0 Å². The fourth-order valence-corrected chi connectivity index (χ4v) is 1.86. The number of hydrogen-bond donors (Lipinski definition) is 1. The van der Waals surface area contributed by atoms with E-state index in [1.807, 2.05) is 31.6 Å². The molecule has 2 heterocycles. The first-order valence-corrected chi connectivity index (χ1v) is 5.98. The van der Waals surface area contributed by atoms with Crippen molar-refractivity contribution < 1.29 is 0 Å². The highest BCUT2D eigenvalue weighted by atomic mass is 15.1. The Bertz CT molecular complexity index is 484. The molecule has 4 heteroatoms. The first-order valence-electron chi connectivity index (χ1n) is 5.98. The summed E-state index contributed by atoms with van der Waals surface area (Å²) >= 11 is 0. The third kappa shape index (κ3) is 3.53. The van der Waals surface area contributed by atoms with Crippen LogP contribution in [0.2, 0.25) is 0 Å². The standard InChI is InChI=1S/C14H18N4/c1-15-13-5-7-17-14(8-13)11-18(2)10-12-4-3-6-16-9-12/h3-9H,10-11H2,1-2H3,(H,15,17). The monoisotopic (exact) mass is 242 g/mol. The zero-order valence-electron chi connectivity index (χ0n) is 10.8. The molecule has 0 radical (unpaired) electrons. The molecule has 0 aliphatic carbocycles. The van der Waals surface area contributed by atoms with Crippen LogP contribution in [0.1, 0.15) is 11.3 Å². The van der Waals surface area contributed by atoms with Crippen molar-refractivity contribution in [2.75, 3.05) is 19.4 Å². The van der Waals surface area contributed by atoms with Gasteiger partial charge in [-0.1, -0.05) is 6.07 Å². The molecule has 0 saturated carbocycles. The fourth-order valence-electron chi connectivity index (χ4n) is 1.86. The minimum Gasteiger partial charge on any atom is -0.388 e. The molecule has 0 bridgehead atoms. The van der Waals surface area contributed by atoms with Crippen LogP contribution < -0.4 is 5.32 Å². The van der Waals surface area contributed by atoms with Crippen molar-refractivity contribution in [2.24, 2.45) is 0 Å². The zero-order chi connectivity index (χ0) is 12.8.